The molecule has 3 aromatic rings. The van der Waals surface area contributed by atoms with Crippen molar-refractivity contribution in [2.24, 2.45) is 0 Å². The van der Waals surface area contributed by atoms with E-state index in [0.717, 1.165) is 55.7 Å². The Morgan fingerprint density at radius 3 is 2.61 bits per heavy atom. The summed E-state index contributed by atoms with van der Waals surface area (Å²) in [7, 11) is 3.78. The molecular weight excluding hydrogens is 488 g/mol. The number of halogens is 2. The SMILES string of the molecule is COc1ccc(C23CCC(NC(=O)Nc4ccc(F)c(F)c4)CC2N(C)CC3)cc1OCc1ccccc1. The zero-order chi connectivity index (χ0) is 26.7. The molecule has 2 N–H and O–H groups in total. The van der Waals surface area contributed by atoms with Crippen LogP contribution in [0.4, 0.5) is 19.3 Å². The largest absolute Gasteiger partial charge is 0.493 e. The third-order valence-corrected chi connectivity index (χ3v) is 8.02. The Morgan fingerprint density at radius 2 is 1.84 bits per heavy atom. The number of anilines is 1. The van der Waals surface area contributed by atoms with E-state index >= 15 is 0 Å². The van der Waals surface area contributed by atoms with E-state index in [9.17, 15) is 13.6 Å². The highest BCUT2D eigenvalue weighted by molar-refractivity contribution is 5.89. The quantitative estimate of drug-likeness (QED) is 0.408. The van der Waals surface area contributed by atoms with Gasteiger partial charge in [0.05, 0.1) is 7.11 Å². The third kappa shape index (κ3) is 5.31. The zero-order valence-corrected chi connectivity index (χ0v) is 21.7. The van der Waals surface area contributed by atoms with Gasteiger partial charge in [0, 0.05) is 29.3 Å². The molecule has 6 nitrogen and oxygen atoms in total. The molecule has 0 radical (unpaired) electrons. The zero-order valence-electron chi connectivity index (χ0n) is 21.7. The Kier molecular flexibility index (Phi) is 7.51. The van der Waals surface area contributed by atoms with Crippen LogP contribution in [0.3, 0.4) is 0 Å². The van der Waals surface area contributed by atoms with Crippen LogP contribution in [0.25, 0.3) is 0 Å². The standard InChI is InChI=1S/C30H33F2N3O3/c1-35-15-14-30(21-8-11-26(37-2)27(16-21)38-19-20-6-4-3-5-7-20)13-12-23(18-28(30)35)34-29(36)33-22-9-10-24(31)25(32)17-22/h3-11,16-17,23,28H,12-15,18-19H2,1-2H3,(H2,33,34,36). The first kappa shape index (κ1) is 26.0. The molecule has 3 atom stereocenters. The summed E-state index contributed by atoms with van der Waals surface area (Å²) in [4.78, 5) is 15.0. The number of hydrogen-bond donors (Lipinski definition) is 2. The van der Waals surface area contributed by atoms with Crippen LogP contribution in [-0.4, -0.2) is 43.7 Å². The summed E-state index contributed by atoms with van der Waals surface area (Å²) >= 11 is 0. The highest BCUT2D eigenvalue weighted by Gasteiger charge is 2.50. The Balaban J connectivity index is 1.30. The molecule has 1 aliphatic heterocycles. The summed E-state index contributed by atoms with van der Waals surface area (Å²) in [5.74, 6) is -0.517. The molecular formula is C30H33F2N3O3. The van der Waals surface area contributed by atoms with Crippen LogP contribution in [-0.2, 0) is 12.0 Å². The number of rotatable bonds is 7. The van der Waals surface area contributed by atoms with Crippen molar-refractivity contribution in [2.45, 2.75) is 49.8 Å². The van der Waals surface area contributed by atoms with Gasteiger partial charge >= 0.3 is 6.03 Å². The van der Waals surface area contributed by atoms with E-state index in [2.05, 4.69) is 34.7 Å². The molecule has 0 spiro atoms. The molecule has 8 heteroatoms. The van der Waals surface area contributed by atoms with Gasteiger partial charge in [-0.15, -0.1) is 0 Å². The molecule has 1 aliphatic carbocycles. The van der Waals surface area contributed by atoms with Crippen molar-refractivity contribution < 1.29 is 23.0 Å². The second kappa shape index (κ2) is 11.0. The van der Waals surface area contributed by atoms with Crippen molar-refractivity contribution in [2.75, 3.05) is 26.0 Å². The molecule has 2 aliphatic rings. The fourth-order valence-electron chi connectivity index (χ4n) is 6.01. The molecule has 200 valence electrons. The number of carbonyl (C=O) groups is 1. The van der Waals surface area contributed by atoms with Crippen molar-refractivity contribution in [1.82, 2.24) is 10.2 Å². The minimum atomic E-state index is -0.996. The van der Waals surface area contributed by atoms with Gasteiger partial charge in [0.15, 0.2) is 23.1 Å². The number of nitrogens with one attached hydrogen (secondary N) is 2. The van der Waals surface area contributed by atoms with E-state index in [1.807, 2.05) is 36.4 Å². The highest BCUT2D eigenvalue weighted by atomic mass is 19.2. The number of nitrogens with zero attached hydrogens (tertiary/aromatic N) is 1. The van der Waals surface area contributed by atoms with Crippen LogP contribution in [0.1, 0.15) is 36.8 Å². The summed E-state index contributed by atoms with van der Waals surface area (Å²) in [6, 6.07) is 19.4. The van der Waals surface area contributed by atoms with Crippen molar-refractivity contribution in [3.8, 4) is 11.5 Å². The average Bonchev–Trinajstić information content (AvgIpc) is 3.26. The van der Waals surface area contributed by atoms with E-state index in [-0.39, 0.29) is 23.2 Å². The Hall–Kier alpha value is -3.65. The normalized spacial score (nSPS) is 22.9. The molecule has 3 aromatic carbocycles. The van der Waals surface area contributed by atoms with E-state index < -0.39 is 17.7 Å². The first-order valence-electron chi connectivity index (χ1n) is 13.0. The number of ether oxygens (including phenoxy) is 2. The predicted octanol–water partition coefficient (Wildman–Crippen LogP) is 5.87. The number of urea groups is 1. The Labute approximate surface area is 221 Å². The number of amides is 2. The van der Waals surface area contributed by atoms with Crippen molar-refractivity contribution >= 4 is 11.7 Å². The van der Waals surface area contributed by atoms with Gasteiger partial charge in [-0.1, -0.05) is 36.4 Å². The number of likely N-dealkylation sites (N-methyl/N-ethyl adjacent to an activating group) is 1. The Bertz CT molecular complexity index is 1290. The summed E-state index contributed by atoms with van der Waals surface area (Å²) in [5, 5.41) is 5.65. The minimum Gasteiger partial charge on any atom is -0.493 e. The van der Waals surface area contributed by atoms with Crippen LogP contribution < -0.4 is 20.1 Å². The van der Waals surface area contributed by atoms with Crippen molar-refractivity contribution in [3.63, 3.8) is 0 Å². The maximum atomic E-state index is 13.5. The molecule has 2 amide bonds. The lowest BCUT2D eigenvalue weighted by molar-refractivity contribution is 0.155. The van der Waals surface area contributed by atoms with Gasteiger partial charge in [0.25, 0.3) is 0 Å². The fourth-order valence-corrected chi connectivity index (χ4v) is 6.01. The van der Waals surface area contributed by atoms with E-state index in [0.29, 0.717) is 12.4 Å². The molecule has 0 bridgehead atoms. The first-order valence-corrected chi connectivity index (χ1v) is 13.0. The minimum absolute atomic E-state index is 0.0361. The first-order chi connectivity index (χ1) is 18.4. The topological polar surface area (TPSA) is 62.8 Å². The second-order valence-electron chi connectivity index (χ2n) is 10.2. The lowest BCUT2D eigenvalue weighted by Gasteiger charge is -2.45. The average molecular weight is 522 g/mol. The molecule has 38 heavy (non-hydrogen) atoms. The van der Waals surface area contributed by atoms with Crippen LogP contribution in [0, 0.1) is 11.6 Å². The maximum absolute atomic E-state index is 13.5. The number of fused-ring (bicyclic) bond motifs is 1. The number of hydrogen-bond acceptors (Lipinski definition) is 4. The molecule has 1 saturated carbocycles. The Morgan fingerprint density at radius 1 is 1.03 bits per heavy atom. The van der Waals surface area contributed by atoms with Gasteiger partial charge in [-0.25, -0.2) is 13.6 Å². The second-order valence-corrected chi connectivity index (χ2v) is 10.2. The summed E-state index contributed by atoms with van der Waals surface area (Å²) in [6.07, 6.45) is 3.52. The van der Waals surface area contributed by atoms with E-state index in [1.165, 1.54) is 11.6 Å². The predicted molar refractivity (Wildman–Crippen MR) is 143 cm³/mol. The smallest absolute Gasteiger partial charge is 0.319 e. The van der Waals surface area contributed by atoms with Crippen LogP contribution >= 0.6 is 0 Å². The third-order valence-electron chi connectivity index (χ3n) is 8.02. The summed E-state index contributed by atoms with van der Waals surface area (Å²) in [6.45, 7) is 1.42. The van der Waals surface area contributed by atoms with Gasteiger partial charge < -0.3 is 25.0 Å². The lowest BCUT2D eigenvalue weighted by Crippen LogP contribution is -2.52. The van der Waals surface area contributed by atoms with Crippen LogP contribution in [0.5, 0.6) is 11.5 Å². The van der Waals surface area contributed by atoms with Crippen LogP contribution in [0.15, 0.2) is 66.7 Å². The van der Waals surface area contributed by atoms with Gasteiger partial charge in [-0.2, -0.15) is 0 Å². The fraction of sp³-hybridized carbons (Fsp3) is 0.367. The number of benzene rings is 3. The monoisotopic (exact) mass is 521 g/mol. The van der Waals surface area contributed by atoms with Crippen molar-refractivity contribution in [1.29, 1.82) is 0 Å². The van der Waals surface area contributed by atoms with E-state index in [1.54, 1.807) is 7.11 Å². The van der Waals surface area contributed by atoms with Gasteiger partial charge in [0.1, 0.15) is 6.61 Å². The van der Waals surface area contributed by atoms with Gasteiger partial charge in [-0.3, -0.25) is 0 Å². The van der Waals surface area contributed by atoms with Crippen LogP contribution in [0.2, 0.25) is 0 Å². The molecule has 5 rings (SSSR count). The van der Waals surface area contributed by atoms with Gasteiger partial charge in [-0.05, 0) is 74.7 Å². The molecule has 3 unspecified atom stereocenters. The van der Waals surface area contributed by atoms with E-state index in [4.69, 9.17) is 9.47 Å². The molecule has 1 heterocycles. The highest BCUT2D eigenvalue weighted by Crippen LogP contribution is 2.50. The molecule has 1 saturated heterocycles. The maximum Gasteiger partial charge on any atom is 0.319 e. The lowest BCUT2D eigenvalue weighted by atomic mass is 9.65. The summed E-state index contributed by atoms with van der Waals surface area (Å²) < 4.78 is 38.5. The number of likely N-dealkylation sites (tertiary alicyclic amines) is 1. The van der Waals surface area contributed by atoms with Crippen molar-refractivity contribution in [3.05, 3.63) is 89.5 Å². The number of carbonyl (C=O) groups excluding carboxylic acids is 1. The molecule has 2 fully saturated rings. The van der Waals surface area contributed by atoms with Gasteiger partial charge in [0.2, 0.25) is 0 Å². The number of methoxy groups -OCH3 is 1. The summed E-state index contributed by atoms with van der Waals surface area (Å²) in [5.41, 5.74) is 2.47. The molecule has 0 aromatic heterocycles.